The average Bonchev–Trinajstić information content (AvgIpc) is 2.42. The van der Waals surface area contributed by atoms with E-state index in [9.17, 15) is 9.59 Å². The van der Waals surface area contributed by atoms with Crippen LogP contribution in [0.25, 0.3) is 0 Å². The molecule has 0 saturated carbocycles. The highest BCUT2D eigenvalue weighted by Crippen LogP contribution is 2.22. The monoisotopic (exact) mass is 284 g/mol. The fourth-order valence-corrected chi connectivity index (χ4v) is 2.90. The molecule has 0 aromatic carbocycles. The van der Waals surface area contributed by atoms with Crippen molar-refractivity contribution in [1.29, 1.82) is 0 Å². The SMILES string of the molecule is CC(C)C(CCN)CCC(=O)N1CCC[C@H](C(=O)O)C1. The Bertz CT molecular complexity index is 331. The number of aliphatic carboxylic acids is 1. The van der Waals surface area contributed by atoms with Gasteiger partial charge in [-0.15, -0.1) is 0 Å². The second-order valence-electron chi connectivity index (χ2n) is 6.14. The zero-order chi connectivity index (χ0) is 15.1. The van der Waals surface area contributed by atoms with Gasteiger partial charge in [-0.3, -0.25) is 9.59 Å². The van der Waals surface area contributed by atoms with Crippen LogP contribution in [0.1, 0.15) is 46.0 Å². The van der Waals surface area contributed by atoms with E-state index in [1.165, 1.54) is 0 Å². The number of carboxylic acid groups (broad SMARTS) is 1. The minimum Gasteiger partial charge on any atom is -0.481 e. The molecular formula is C15H28N2O3. The molecule has 0 spiro atoms. The summed E-state index contributed by atoms with van der Waals surface area (Å²) in [7, 11) is 0. The largest absolute Gasteiger partial charge is 0.481 e. The number of carboxylic acids is 1. The first kappa shape index (κ1) is 17.0. The van der Waals surface area contributed by atoms with Gasteiger partial charge in [0, 0.05) is 19.5 Å². The minimum absolute atomic E-state index is 0.0959. The third kappa shape index (κ3) is 5.12. The van der Waals surface area contributed by atoms with Crippen molar-refractivity contribution >= 4 is 11.9 Å². The van der Waals surface area contributed by atoms with E-state index in [2.05, 4.69) is 13.8 Å². The summed E-state index contributed by atoms with van der Waals surface area (Å²) in [4.78, 5) is 24.9. The van der Waals surface area contributed by atoms with Crippen LogP contribution in [0.5, 0.6) is 0 Å². The van der Waals surface area contributed by atoms with Crippen LogP contribution in [0.15, 0.2) is 0 Å². The van der Waals surface area contributed by atoms with Crippen LogP contribution in [0, 0.1) is 17.8 Å². The molecule has 3 N–H and O–H groups in total. The number of hydrogen-bond acceptors (Lipinski definition) is 3. The number of hydrogen-bond donors (Lipinski definition) is 2. The summed E-state index contributed by atoms with van der Waals surface area (Å²) in [6, 6.07) is 0. The Kier molecular flexibility index (Phi) is 6.99. The zero-order valence-electron chi connectivity index (χ0n) is 12.7. The topological polar surface area (TPSA) is 83.6 Å². The predicted molar refractivity (Wildman–Crippen MR) is 78.2 cm³/mol. The maximum Gasteiger partial charge on any atom is 0.308 e. The summed E-state index contributed by atoms with van der Waals surface area (Å²) in [5.41, 5.74) is 5.61. The third-order valence-corrected chi connectivity index (χ3v) is 4.33. The normalized spacial score (nSPS) is 21.0. The van der Waals surface area contributed by atoms with E-state index in [0.29, 0.717) is 44.3 Å². The molecule has 1 saturated heterocycles. The van der Waals surface area contributed by atoms with Crippen molar-refractivity contribution in [2.75, 3.05) is 19.6 Å². The maximum atomic E-state index is 12.2. The number of nitrogens with zero attached hydrogens (tertiary/aromatic N) is 1. The zero-order valence-corrected chi connectivity index (χ0v) is 12.7. The van der Waals surface area contributed by atoms with E-state index in [1.807, 2.05) is 0 Å². The summed E-state index contributed by atoms with van der Waals surface area (Å²) in [6.07, 6.45) is 3.78. The molecular weight excluding hydrogens is 256 g/mol. The highest BCUT2D eigenvalue weighted by atomic mass is 16.4. The number of nitrogens with two attached hydrogens (primary N) is 1. The molecule has 0 radical (unpaired) electrons. The first-order valence-electron chi connectivity index (χ1n) is 7.66. The maximum absolute atomic E-state index is 12.2. The first-order valence-corrected chi connectivity index (χ1v) is 7.66. The van der Waals surface area contributed by atoms with Gasteiger partial charge in [-0.05, 0) is 44.1 Å². The van der Waals surface area contributed by atoms with Gasteiger partial charge in [0.2, 0.25) is 5.91 Å². The molecule has 5 heteroatoms. The summed E-state index contributed by atoms with van der Waals surface area (Å²) in [5.74, 6) is -0.0783. The van der Waals surface area contributed by atoms with Crippen molar-refractivity contribution < 1.29 is 14.7 Å². The van der Waals surface area contributed by atoms with Crippen LogP contribution in [0.2, 0.25) is 0 Å². The lowest BCUT2D eigenvalue weighted by molar-refractivity contribution is -0.145. The van der Waals surface area contributed by atoms with Gasteiger partial charge in [-0.1, -0.05) is 13.8 Å². The molecule has 1 fully saturated rings. The van der Waals surface area contributed by atoms with E-state index >= 15 is 0 Å². The summed E-state index contributed by atoms with van der Waals surface area (Å²) < 4.78 is 0. The van der Waals surface area contributed by atoms with Gasteiger partial charge >= 0.3 is 5.97 Å². The lowest BCUT2D eigenvalue weighted by Gasteiger charge is -2.31. The Labute approximate surface area is 121 Å². The van der Waals surface area contributed by atoms with Crippen LogP contribution in [0.4, 0.5) is 0 Å². The van der Waals surface area contributed by atoms with Gasteiger partial charge in [0.25, 0.3) is 0 Å². The Balaban J connectivity index is 2.43. The summed E-state index contributed by atoms with van der Waals surface area (Å²) >= 11 is 0. The second kappa shape index (κ2) is 8.25. The number of amides is 1. The highest BCUT2D eigenvalue weighted by molar-refractivity contribution is 5.78. The molecule has 1 heterocycles. The van der Waals surface area contributed by atoms with Crippen LogP contribution < -0.4 is 5.73 Å². The number of piperidine rings is 1. The number of likely N-dealkylation sites (tertiary alicyclic amines) is 1. The summed E-state index contributed by atoms with van der Waals surface area (Å²) in [6.45, 7) is 6.05. The molecule has 0 aliphatic carbocycles. The van der Waals surface area contributed by atoms with Crippen molar-refractivity contribution in [3.63, 3.8) is 0 Å². The lowest BCUT2D eigenvalue weighted by atomic mass is 9.88. The van der Waals surface area contributed by atoms with E-state index in [0.717, 1.165) is 19.3 Å². The number of carbonyl (C=O) groups excluding carboxylic acids is 1. The van der Waals surface area contributed by atoms with Crippen LogP contribution in [0.3, 0.4) is 0 Å². The number of carbonyl (C=O) groups is 2. The van der Waals surface area contributed by atoms with E-state index < -0.39 is 11.9 Å². The molecule has 1 unspecified atom stereocenters. The minimum atomic E-state index is -0.786. The lowest BCUT2D eigenvalue weighted by Crippen LogP contribution is -2.42. The van der Waals surface area contributed by atoms with Gasteiger partial charge in [0.1, 0.15) is 0 Å². The van der Waals surface area contributed by atoms with Gasteiger partial charge in [0.15, 0.2) is 0 Å². The Morgan fingerprint density at radius 2 is 2.05 bits per heavy atom. The Morgan fingerprint density at radius 1 is 1.35 bits per heavy atom. The average molecular weight is 284 g/mol. The molecule has 1 rings (SSSR count). The molecule has 0 aromatic rings. The van der Waals surface area contributed by atoms with E-state index in [-0.39, 0.29) is 5.91 Å². The van der Waals surface area contributed by atoms with Crippen molar-refractivity contribution in [3.05, 3.63) is 0 Å². The second-order valence-corrected chi connectivity index (χ2v) is 6.14. The molecule has 116 valence electrons. The molecule has 5 nitrogen and oxygen atoms in total. The molecule has 0 bridgehead atoms. The molecule has 2 atom stereocenters. The third-order valence-electron chi connectivity index (χ3n) is 4.33. The van der Waals surface area contributed by atoms with E-state index in [1.54, 1.807) is 4.90 Å². The first-order chi connectivity index (χ1) is 9.45. The van der Waals surface area contributed by atoms with Crippen LogP contribution >= 0.6 is 0 Å². The van der Waals surface area contributed by atoms with E-state index in [4.69, 9.17) is 10.8 Å². The van der Waals surface area contributed by atoms with Crippen molar-refractivity contribution in [1.82, 2.24) is 4.90 Å². The molecule has 1 aliphatic heterocycles. The highest BCUT2D eigenvalue weighted by Gasteiger charge is 2.28. The number of rotatable bonds is 7. The van der Waals surface area contributed by atoms with Gasteiger partial charge < -0.3 is 15.7 Å². The van der Waals surface area contributed by atoms with Crippen molar-refractivity contribution in [2.45, 2.75) is 46.0 Å². The van der Waals surface area contributed by atoms with Crippen LogP contribution in [-0.2, 0) is 9.59 Å². The predicted octanol–water partition coefficient (Wildman–Crippen LogP) is 1.71. The Morgan fingerprint density at radius 3 is 2.60 bits per heavy atom. The van der Waals surface area contributed by atoms with Gasteiger partial charge in [-0.25, -0.2) is 0 Å². The van der Waals surface area contributed by atoms with Gasteiger partial charge in [0.05, 0.1) is 5.92 Å². The molecule has 0 aromatic heterocycles. The quantitative estimate of drug-likeness (QED) is 0.745. The van der Waals surface area contributed by atoms with Crippen molar-refractivity contribution in [3.8, 4) is 0 Å². The molecule has 20 heavy (non-hydrogen) atoms. The van der Waals surface area contributed by atoms with Gasteiger partial charge in [-0.2, -0.15) is 0 Å². The molecule has 1 amide bonds. The molecule has 1 aliphatic rings. The fraction of sp³-hybridized carbons (Fsp3) is 0.867. The summed E-state index contributed by atoms with van der Waals surface area (Å²) in [5, 5.41) is 9.05. The van der Waals surface area contributed by atoms with Crippen LogP contribution in [-0.4, -0.2) is 41.5 Å². The standard InChI is InChI=1S/C15H28N2O3/c1-11(2)12(7-8-16)5-6-14(18)17-9-3-4-13(10-17)15(19)20/h11-13H,3-10,16H2,1-2H3,(H,19,20)/t12?,13-/m0/s1. The Hall–Kier alpha value is -1.10. The fourth-order valence-electron chi connectivity index (χ4n) is 2.90. The smallest absolute Gasteiger partial charge is 0.308 e. The van der Waals surface area contributed by atoms with Crippen molar-refractivity contribution in [2.24, 2.45) is 23.5 Å².